The Balaban J connectivity index is 1.34. The van der Waals surface area contributed by atoms with E-state index in [1.54, 1.807) is 61.5 Å². The van der Waals surface area contributed by atoms with Crippen LogP contribution in [0.1, 0.15) is 54.1 Å². The smallest absolute Gasteiger partial charge is 0.341 e. The fourth-order valence-electron chi connectivity index (χ4n) is 5.24. The first kappa shape index (κ1) is 30.7. The molecule has 0 unspecified atom stereocenters. The number of hydrogen-bond acceptors (Lipinski definition) is 9. The number of esters is 1. The number of nitrogens with one attached hydrogen (secondary N) is 1. The summed E-state index contributed by atoms with van der Waals surface area (Å²) in [4.78, 5) is 17.5. The predicted molar refractivity (Wildman–Crippen MR) is 163 cm³/mol. The third kappa shape index (κ3) is 6.61. The highest BCUT2D eigenvalue weighted by Gasteiger charge is 2.28. The van der Waals surface area contributed by atoms with E-state index in [2.05, 4.69) is 10.3 Å². The highest BCUT2D eigenvalue weighted by Crippen LogP contribution is 2.34. The van der Waals surface area contributed by atoms with Crippen molar-refractivity contribution in [2.24, 2.45) is 5.92 Å². The van der Waals surface area contributed by atoms with Crippen molar-refractivity contribution in [2.75, 3.05) is 18.5 Å². The minimum absolute atomic E-state index is 0.0409. The van der Waals surface area contributed by atoms with Crippen LogP contribution in [0.2, 0.25) is 0 Å². The second-order valence-electron chi connectivity index (χ2n) is 10.8. The minimum atomic E-state index is -3.93. The average molecular weight is 626 g/mol. The van der Waals surface area contributed by atoms with Gasteiger partial charge < -0.3 is 10.1 Å². The molecule has 1 N–H and O–H groups in total. The Kier molecular flexibility index (Phi) is 8.91. The number of hydrogen-bond donors (Lipinski definition) is 1. The summed E-state index contributed by atoms with van der Waals surface area (Å²) in [6, 6.07) is 14.7. The first-order valence-corrected chi connectivity index (χ1v) is 17.1. The van der Waals surface area contributed by atoms with E-state index in [1.165, 1.54) is 12.4 Å². The van der Waals surface area contributed by atoms with Crippen LogP contribution in [0, 0.1) is 19.8 Å². The number of rotatable bonds is 10. The molecule has 0 amide bonds. The lowest BCUT2D eigenvalue weighted by Crippen LogP contribution is -2.29. The fraction of sp³-hybridized carbons (Fsp3) is 0.355. The van der Waals surface area contributed by atoms with Crippen molar-refractivity contribution >= 4 is 42.8 Å². The number of aryl methyl sites for hydroxylation is 2. The van der Waals surface area contributed by atoms with Gasteiger partial charge in [0.15, 0.2) is 5.65 Å². The lowest BCUT2D eigenvalue weighted by atomic mass is 9.86. The normalized spacial score (nSPS) is 17.6. The quantitative estimate of drug-likeness (QED) is 0.181. The van der Waals surface area contributed by atoms with E-state index in [0.717, 1.165) is 15.1 Å². The summed E-state index contributed by atoms with van der Waals surface area (Å²) >= 11 is 0. The Morgan fingerprint density at radius 2 is 1.51 bits per heavy atom. The van der Waals surface area contributed by atoms with Gasteiger partial charge in [-0.3, -0.25) is 4.18 Å². The first-order chi connectivity index (χ1) is 20.5. The molecule has 0 aliphatic heterocycles. The van der Waals surface area contributed by atoms with E-state index >= 15 is 0 Å². The van der Waals surface area contributed by atoms with Crippen LogP contribution in [0.4, 0.5) is 5.69 Å². The van der Waals surface area contributed by atoms with Gasteiger partial charge in [0.2, 0.25) is 0 Å². The second kappa shape index (κ2) is 12.5. The van der Waals surface area contributed by atoms with E-state index in [0.29, 0.717) is 36.8 Å². The van der Waals surface area contributed by atoms with E-state index in [4.69, 9.17) is 8.92 Å². The summed E-state index contributed by atoms with van der Waals surface area (Å²) in [6.45, 7) is 5.75. The Hall–Kier alpha value is -3.74. The molecule has 1 aliphatic carbocycles. The number of anilines is 1. The Labute approximate surface area is 252 Å². The monoisotopic (exact) mass is 625 g/mol. The molecule has 43 heavy (non-hydrogen) atoms. The first-order valence-electron chi connectivity index (χ1n) is 14.2. The van der Waals surface area contributed by atoms with Crippen molar-refractivity contribution < 1.29 is 30.6 Å². The molecule has 0 spiro atoms. The summed E-state index contributed by atoms with van der Waals surface area (Å²) in [6.07, 6.45) is 5.62. The van der Waals surface area contributed by atoms with Gasteiger partial charge in [-0.1, -0.05) is 35.4 Å². The van der Waals surface area contributed by atoms with Crippen LogP contribution in [0.5, 0.6) is 0 Å². The molecule has 12 heteroatoms. The third-order valence-corrected chi connectivity index (χ3v) is 10.7. The van der Waals surface area contributed by atoms with E-state index in [9.17, 15) is 21.6 Å². The van der Waals surface area contributed by atoms with Crippen LogP contribution in [0.3, 0.4) is 0 Å². The molecule has 10 nitrogen and oxygen atoms in total. The number of nitrogens with zero attached hydrogens (tertiary/aromatic N) is 2. The number of benzene rings is 2. The lowest BCUT2D eigenvalue weighted by molar-refractivity contribution is 0.0527. The predicted octanol–water partition coefficient (Wildman–Crippen LogP) is 5.44. The standard InChI is InChI=1S/C31H35N3O7S2/c1-4-40-31(35)28-19-32-30-27(17-18-34(30)42(36,37)25-13-5-21(2)6-14-25)29(28)33-24-11-9-23(10-12-24)20-41-43(38,39)26-15-7-22(3)8-16-26/h5-8,13-19,23-24H,4,9-12,20H2,1-3H3,(H,32,33). The fourth-order valence-corrected chi connectivity index (χ4v) is 7.51. The van der Waals surface area contributed by atoms with Gasteiger partial charge in [-0.25, -0.2) is 22.2 Å². The summed E-state index contributed by atoms with van der Waals surface area (Å²) in [5.41, 5.74) is 2.78. The molecule has 2 aromatic carbocycles. The molecule has 5 rings (SSSR count). The largest absolute Gasteiger partial charge is 0.462 e. The van der Waals surface area contributed by atoms with Crippen LogP contribution < -0.4 is 5.32 Å². The van der Waals surface area contributed by atoms with Crippen LogP contribution in [-0.4, -0.2) is 51.0 Å². The number of aromatic nitrogens is 2. The summed E-state index contributed by atoms with van der Waals surface area (Å²) in [7, 11) is -7.77. The van der Waals surface area contributed by atoms with Crippen molar-refractivity contribution in [2.45, 2.75) is 62.3 Å². The third-order valence-electron chi connectivity index (χ3n) is 7.72. The molecule has 2 heterocycles. The number of carbonyl (C=O) groups excluding carboxylic acids is 1. The Bertz CT molecular complexity index is 1820. The number of ether oxygens (including phenoxy) is 1. The van der Waals surface area contributed by atoms with Gasteiger partial charge in [-0.05, 0) is 82.7 Å². The maximum Gasteiger partial charge on any atom is 0.341 e. The van der Waals surface area contributed by atoms with Gasteiger partial charge in [-0.15, -0.1) is 0 Å². The zero-order valence-corrected chi connectivity index (χ0v) is 25.9. The molecular formula is C31H35N3O7S2. The van der Waals surface area contributed by atoms with Gasteiger partial charge >= 0.3 is 5.97 Å². The van der Waals surface area contributed by atoms with Crippen molar-refractivity contribution in [3.05, 3.63) is 83.7 Å². The van der Waals surface area contributed by atoms with Crippen molar-refractivity contribution in [3.8, 4) is 0 Å². The van der Waals surface area contributed by atoms with Crippen LogP contribution in [0.15, 0.2) is 76.8 Å². The maximum absolute atomic E-state index is 13.5. The van der Waals surface area contributed by atoms with Crippen LogP contribution >= 0.6 is 0 Å². The van der Waals surface area contributed by atoms with E-state index in [1.807, 2.05) is 13.8 Å². The molecular weight excluding hydrogens is 590 g/mol. The molecule has 1 fully saturated rings. The average Bonchev–Trinajstić information content (AvgIpc) is 3.43. The maximum atomic E-state index is 13.5. The highest BCUT2D eigenvalue weighted by atomic mass is 32.2. The van der Waals surface area contributed by atoms with Crippen molar-refractivity contribution in [1.82, 2.24) is 8.96 Å². The SMILES string of the molecule is CCOC(=O)c1cnc2c(ccn2S(=O)(=O)c2ccc(C)cc2)c1NC1CCC(COS(=O)(=O)c2ccc(C)cc2)CC1. The van der Waals surface area contributed by atoms with Gasteiger partial charge in [0.1, 0.15) is 5.56 Å². The lowest BCUT2D eigenvalue weighted by Gasteiger charge is -2.30. The second-order valence-corrected chi connectivity index (χ2v) is 14.3. The van der Waals surface area contributed by atoms with Crippen LogP contribution in [0.25, 0.3) is 11.0 Å². The molecule has 0 bridgehead atoms. The molecule has 1 aliphatic rings. The molecule has 0 radical (unpaired) electrons. The zero-order chi connectivity index (χ0) is 30.8. The highest BCUT2D eigenvalue weighted by molar-refractivity contribution is 7.90. The van der Waals surface area contributed by atoms with Gasteiger partial charge in [0, 0.05) is 23.8 Å². The van der Waals surface area contributed by atoms with Gasteiger partial charge in [0.25, 0.3) is 20.1 Å². The summed E-state index contributed by atoms with van der Waals surface area (Å²) in [5, 5.41) is 3.94. The Morgan fingerprint density at radius 1 is 0.907 bits per heavy atom. The number of carbonyl (C=O) groups is 1. The van der Waals surface area contributed by atoms with Crippen LogP contribution in [-0.2, 0) is 29.1 Å². The molecule has 228 valence electrons. The van der Waals surface area contributed by atoms with E-state index in [-0.39, 0.29) is 46.2 Å². The minimum Gasteiger partial charge on any atom is -0.462 e. The Morgan fingerprint density at radius 3 is 2.12 bits per heavy atom. The number of pyridine rings is 1. The molecule has 0 saturated heterocycles. The summed E-state index contributed by atoms with van der Waals surface area (Å²) in [5.74, 6) is -0.502. The summed E-state index contributed by atoms with van der Waals surface area (Å²) < 4.78 is 64.0. The van der Waals surface area contributed by atoms with Crippen molar-refractivity contribution in [1.29, 1.82) is 0 Å². The van der Waals surface area contributed by atoms with Gasteiger partial charge in [0.05, 0.1) is 28.7 Å². The molecule has 2 aromatic heterocycles. The molecule has 4 aromatic rings. The van der Waals surface area contributed by atoms with E-state index < -0.39 is 26.1 Å². The number of fused-ring (bicyclic) bond motifs is 1. The molecule has 0 atom stereocenters. The molecule has 1 saturated carbocycles. The van der Waals surface area contributed by atoms with Crippen molar-refractivity contribution in [3.63, 3.8) is 0 Å². The zero-order valence-electron chi connectivity index (χ0n) is 24.3. The van der Waals surface area contributed by atoms with Gasteiger partial charge in [-0.2, -0.15) is 8.42 Å². The topological polar surface area (TPSA) is 134 Å².